The van der Waals surface area contributed by atoms with Crippen molar-refractivity contribution in [3.05, 3.63) is 45.4 Å². The normalized spacial score (nSPS) is 17.8. The molecule has 0 bridgehead atoms. The Labute approximate surface area is 104 Å². The van der Waals surface area contributed by atoms with E-state index in [9.17, 15) is 0 Å². The van der Waals surface area contributed by atoms with Crippen molar-refractivity contribution < 1.29 is 13.9 Å². The van der Waals surface area contributed by atoms with Gasteiger partial charge in [-0.1, -0.05) is 0 Å². The van der Waals surface area contributed by atoms with Gasteiger partial charge in [-0.05, 0) is 14.1 Å². The summed E-state index contributed by atoms with van der Waals surface area (Å²) in [5.74, 6) is 0. The van der Waals surface area contributed by atoms with Crippen LogP contribution in [0.1, 0.15) is 19.8 Å². The summed E-state index contributed by atoms with van der Waals surface area (Å²) < 4.78 is 3.36. The van der Waals surface area contributed by atoms with Crippen molar-refractivity contribution >= 4 is 0 Å². The SMILES string of the molecule is CNC.C[CH2][Fe]([C]1=CC=CC1)[C]1=CC=CC1. The number of rotatable bonds is 3. The number of hydrogen-bond donors (Lipinski definition) is 1. The van der Waals surface area contributed by atoms with Gasteiger partial charge in [-0.3, -0.25) is 0 Å². The first-order valence-electron chi connectivity index (χ1n) is 5.74. The van der Waals surface area contributed by atoms with Crippen LogP contribution in [0.3, 0.4) is 0 Å². The zero-order valence-electron chi connectivity index (χ0n) is 10.4. The monoisotopic (exact) mass is 260 g/mol. The second-order valence-corrected chi connectivity index (χ2v) is 6.80. The van der Waals surface area contributed by atoms with Gasteiger partial charge in [0, 0.05) is 0 Å². The van der Waals surface area contributed by atoms with Crippen molar-refractivity contribution in [1.82, 2.24) is 5.32 Å². The average molecular weight is 260 g/mol. The molecule has 2 aliphatic carbocycles. The van der Waals surface area contributed by atoms with E-state index in [1.807, 2.05) is 14.1 Å². The summed E-state index contributed by atoms with van der Waals surface area (Å²) in [5.41, 5.74) is 0. The third kappa shape index (κ3) is 3.79. The first-order valence-corrected chi connectivity index (χ1v) is 7.63. The Balaban J connectivity index is 0.000000386. The minimum atomic E-state index is -0.153. The predicted molar refractivity (Wildman–Crippen MR) is 69.1 cm³/mol. The molecule has 0 atom stereocenters. The van der Waals surface area contributed by atoms with Gasteiger partial charge in [-0.15, -0.1) is 0 Å². The third-order valence-electron chi connectivity index (χ3n) is 2.23. The van der Waals surface area contributed by atoms with Crippen LogP contribution in [0.15, 0.2) is 45.4 Å². The summed E-state index contributed by atoms with van der Waals surface area (Å²) >= 11 is -0.153. The molecule has 2 rings (SSSR count). The molecule has 0 saturated carbocycles. The zero-order chi connectivity index (χ0) is 11.8. The average Bonchev–Trinajstić information content (AvgIpc) is 2.92. The Kier molecular flexibility index (Phi) is 6.47. The molecular formula is C14H22FeN. The molecule has 0 heterocycles. The van der Waals surface area contributed by atoms with Crippen LogP contribution < -0.4 is 5.32 Å². The second kappa shape index (κ2) is 7.67. The molecule has 2 aliphatic rings. The van der Waals surface area contributed by atoms with E-state index >= 15 is 0 Å². The molecule has 0 aromatic rings. The first-order chi connectivity index (χ1) is 7.83. The summed E-state index contributed by atoms with van der Waals surface area (Å²) in [6.07, 6.45) is 16.0. The van der Waals surface area contributed by atoms with E-state index in [1.54, 1.807) is 8.94 Å². The Morgan fingerprint density at radius 1 is 1.06 bits per heavy atom. The Bertz CT molecular complexity index is 294. The van der Waals surface area contributed by atoms with E-state index in [0.717, 1.165) is 0 Å². The van der Waals surface area contributed by atoms with Crippen LogP contribution in [0.2, 0.25) is 5.32 Å². The predicted octanol–water partition coefficient (Wildman–Crippen LogP) is 3.57. The Hall–Kier alpha value is -0.561. The molecule has 0 aromatic carbocycles. The Morgan fingerprint density at radius 2 is 1.50 bits per heavy atom. The van der Waals surface area contributed by atoms with E-state index in [2.05, 4.69) is 48.7 Å². The summed E-state index contributed by atoms with van der Waals surface area (Å²) in [7, 11) is 3.75. The van der Waals surface area contributed by atoms with Gasteiger partial charge in [-0.25, -0.2) is 0 Å². The van der Waals surface area contributed by atoms with Gasteiger partial charge in [0.15, 0.2) is 0 Å². The van der Waals surface area contributed by atoms with Crippen molar-refractivity contribution in [3.8, 4) is 0 Å². The van der Waals surface area contributed by atoms with Gasteiger partial charge in [0.1, 0.15) is 0 Å². The van der Waals surface area contributed by atoms with Crippen LogP contribution in [-0.2, 0) is 13.9 Å². The number of nitrogens with one attached hydrogen (secondary N) is 1. The number of allylic oxidation sites excluding steroid dienone is 8. The van der Waals surface area contributed by atoms with Gasteiger partial charge >= 0.3 is 84.4 Å². The number of hydrogen-bond acceptors (Lipinski definition) is 1. The van der Waals surface area contributed by atoms with E-state index < -0.39 is 0 Å². The maximum atomic E-state index is 2.75. The summed E-state index contributed by atoms with van der Waals surface area (Å²) in [6, 6.07) is 0. The molecule has 91 valence electrons. The van der Waals surface area contributed by atoms with Crippen LogP contribution in [-0.4, -0.2) is 14.1 Å². The molecule has 0 unspecified atom stereocenters. The quantitative estimate of drug-likeness (QED) is 0.765. The topological polar surface area (TPSA) is 12.0 Å². The van der Waals surface area contributed by atoms with Crippen molar-refractivity contribution in [1.29, 1.82) is 0 Å². The molecular weight excluding hydrogens is 238 g/mol. The molecule has 2 heteroatoms. The van der Waals surface area contributed by atoms with Gasteiger partial charge in [-0.2, -0.15) is 0 Å². The van der Waals surface area contributed by atoms with E-state index in [0.29, 0.717) is 0 Å². The zero-order valence-corrected chi connectivity index (χ0v) is 11.5. The molecule has 0 fully saturated rings. The van der Waals surface area contributed by atoms with Crippen LogP contribution in [0.4, 0.5) is 0 Å². The van der Waals surface area contributed by atoms with Crippen molar-refractivity contribution in [2.24, 2.45) is 0 Å². The molecule has 0 amide bonds. The van der Waals surface area contributed by atoms with Crippen LogP contribution in [0.5, 0.6) is 0 Å². The molecule has 1 N–H and O–H groups in total. The van der Waals surface area contributed by atoms with Crippen LogP contribution in [0.25, 0.3) is 0 Å². The third-order valence-corrected chi connectivity index (χ3v) is 5.54. The standard InChI is InChI=1S/2C5H5.C2H7N.C2H5.Fe/c2*1-2-4-5-3-1;1-3-2;1-2;/h2*1-3H,4H2;3H,1-2H3;1H2,2H3;. The van der Waals surface area contributed by atoms with Crippen molar-refractivity contribution in [2.45, 2.75) is 25.1 Å². The van der Waals surface area contributed by atoms with Crippen LogP contribution in [0, 0.1) is 0 Å². The van der Waals surface area contributed by atoms with Gasteiger partial charge in [0.05, 0.1) is 0 Å². The summed E-state index contributed by atoms with van der Waals surface area (Å²) in [5, 5.41) is 4.07. The van der Waals surface area contributed by atoms with Crippen LogP contribution >= 0.6 is 0 Å². The summed E-state index contributed by atoms with van der Waals surface area (Å²) in [6.45, 7) is 2.32. The minimum absolute atomic E-state index is 0.153. The molecule has 16 heavy (non-hydrogen) atoms. The van der Waals surface area contributed by atoms with Crippen molar-refractivity contribution in [2.75, 3.05) is 14.1 Å². The van der Waals surface area contributed by atoms with E-state index in [-0.39, 0.29) is 13.9 Å². The summed E-state index contributed by atoms with van der Waals surface area (Å²) in [4.78, 5) is 0. The molecule has 0 saturated heterocycles. The fourth-order valence-corrected chi connectivity index (χ4v) is 4.53. The first kappa shape index (κ1) is 13.5. The van der Waals surface area contributed by atoms with Gasteiger partial charge in [0.25, 0.3) is 0 Å². The molecule has 1 nitrogen and oxygen atoms in total. The fraction of sp³-hybridized carbons (Fsp3) is 0.429. The second-order valence-electron chi connectivity index (χ2n) is 3.55. The van der Waals surface area contributed by atoms with Crippen molar-refractivity contribution in [3.63, 3.8) is 0 Å². The Morgan fingerprint density at radius 3 is 1.75 bits per heavy atom. The molecule has 0 aliphatic heterocycles. The molecule has 0 spiro atoms. The fourth-order valence-electron chi connectivity index (χ4n) is 1.62. The van der Waals surface area contributed by atoms with Gasteiger partial charge in [0.2, 0.25) is 0 Å². The van der Waals surface area contributed by atoms with Gasteiger partial charge < -0.3 is 5.32 Å². The molecule has 0 radical (unpaired) electrons. The van der Waals surface area contributed by atoms with E-state index in [1.165, 1.54) is 18.2 Å². The molecule has 0 aromatic heterocycles. The maximum absolute atomic E-state index is 2.75. The van der Waals surface area contributed by atoms with E-state index in [4.69, 9.17) is 0 Å².